The molecule has 0 aliphatic rings. The molecule has 2 rings (SSSR count). The fourth-order valence-electron chi connectivity index (χ4n) is 1.64. The normalized spacial score (nSPS) is 10.6. The van der Waals surface area contributed by atoms with Crippen molar-refractivity contribution in [2.45, 2.75) is 20.3 Å². The van der Waals surface area contributed by atoms with Crippen molar-refractivity contribution < 1.29 is 5.11 Å². The number of benzene rings is 1. The predicted octanol–water partition coefficient (Wildman–Crippen LogP) is 3.72. The van der Waals surface area contributed by atoms with Gasteiger partial charge in [-0.25, -0.2) is 0 Å². The van der Waals surface area contributed by atoms with Gasteiger partial charge in [-0.05, 0) is 37.2 Å². The van der Waals surface area contributed by atoms with Crippen LogP contribution in [0.25, 0.3) is 0 Å². The minimum Gasteiger partial charge on any atom is -0.494 e. The van der Waals surface area contributed by atoms with E-state index in [4.69, 9.17) is 12.2 Å². The molecular weight excluding hydrogens is 238 g/mol. The van der Waals surface area contributed by atoms with Crippen LogP contribution in [0.5, 0.6) is 5.88 Å². The van der Waals surface area contributed by atoms with E-state index in [1.54, 1.807) is 0 Å². The Bertz CT molecular complexity index is 569. The smallest absolute Gasteiger partial charge is 0.203 e. The number of rotatable bonds is 2. The first-order valence-electron chi connectivity index (χ1n) is 5.03. The van der Waals surface area contributed by atoms with Crippen molar-refractivity contribution in [2.24, 2.45) is 0 Å². The van der Waals surface area contributed by atoms with Gasteiger partial charge in [0.2, 0.25) is 5.88 Å². The van der Waals surface area contributed by atoms with E-state index < -0.39 is 0 Å². The first kappa shape index (κ1) is 11.4. The number of hydrogen-bond acceptors (Lipinski definition) is 3. The maximum atomic E-state index is 9.64. The van der Waals surface area contributed by atoms with Gasteiger partial charge in [-0.1, -0.05) is 23.8 Å². The lowest BCUT2D eigenvalue weighted by Gasteiger charge is -2.05. The van der Waals surface area contributed by atoms with Crippen LogP contribution in [0.15, 0.2) is 18.2 Å². The fourth-order valence-corrected chi connectivity index (χ4v) is 2.78. The van der Waals surface area contributed by atoms with E-state index in [-0.39, 0.29) is 5.88 Å². The molecule has 0 aliphatic heterocycles. The predicted molar refractivity (Wildman–Crippen MR) is 69.9 cm³/mol. The van der Waals surface area contributed by atoms with E-state index >= 15 is 0 Å². The summed E-state index contributed by atoms with van der Waals surface area (Å²) in [5.41, 5.74) is 3.71. The summed E-state index contributed by atoms with van der Waals surface area (Å²) < 4.78 is 0.623. The summed E-state index contributed by atoms with van der Waals surface area (Å²) in [6.45, 7) is 4.15. The highest BCUT2D eigenvalue weighted by atomic mass is 32.1. The minimum atomic E-state index is 0.205. The average Bonchev–Trinajstić information content (AvgIpc) is 2.51. The Labute approximate surface area is 104 Å². The molecule has 84 valence electrons. The molecule has 0 atom stereocenters. The Morgan fingerprint density at radius 2 is 2.12 bits per heavy atom. The molecule has 0 aliphatic carbocycles. The zero-order valence-electron chi connectivity index (χ0n) is 9.20. The molecule has 4 heteroatoms. The topological polar surface area (TPSA) is 36.0 Å². The number of aromatic hydroxyl groups is 1. The largest absolute Gasteiger partial charge is 0.494 e. The lowest BCUT2D eigenvalue weighted by Crippen LogP contribution is -1.91. The van der Waals surface area contributed by atoms with Crippen LogP contribution in [0.3, 0.4) is 0 Å². The van der Waals surface area contributed by atoms with Crippen molar-refractivity contribution in [1.82, 2.24) is 4.98 Å². The van der Waals surface area contributed by atoms with Crippen LogP contribution >= 0.6 is 23.6 Å². The monoisotopic (exact) mass is 251 g/mol. The molecule has 1 aromatic carbocycles. The second kappa shape index (κ2) is 4.39. The summed E-state index contributed by atoms with van der Waals surface area (Å²) in [4.78, 5) is 3.65. The van der Waals surface area contributed by atoms with Gasteiger partial charge in [0.25, 0.3) is 0 Å². The van der Waals surface area contributed by atoms with E-state index in [2.05, 4.69) is 37.0 Å². The Hall–Kier alpha value is -1.13. The number of hydrogen-bond donors (Lipinski definition) is 2. The van der Waals surface area contributed by atoms with Gasteiger partial charge in [0.1, 0.15) is 0 Å². The SMILES string of the molecule is Cc1ccc(C)c(Cc2sc(=S)[nH]c2O)c1. The molecule has 0 unspecified atom stereocenters. The van der Waals surface area contributed by atoms with Crippen molar-refractivity contribution in [2.75, 3.05) is 0 Å². The zero-order chi connectivity index (χ0) is 11.7. The number of aromatic amines is 1. The second-order valence-electron chi connectivity index (χ2n) is 3.89. The van der Waals surface area contributed by atoms with Crippen molar-refractivity contribution in [1.29, 1.82) is 0 Å². The molecule has 0 spiro atoms. The van der Waals surface area contributed by atoms with Crippen LogP contribution in [-0.2, 0) is 6.42 Å². The summed E-state index contributed by atoms with van der Waals surface area (Å²) >= 11 is 6.43. The van der Waals surface area contributed by atoms with Gasteiger partial charge in [0.05, 0.1) is 4.88 Å². The zero-order valence-corrected chi connectivity index (χ0v) is 10.8. The molecule has 1 heterocycles. The molecule has 2 N–H and O–H groups in total. The van der Waals surface area contributed by atoms with Gasteiger partial charge < -0.3 is 10.1 Å². The third-order valence-electron chi connectivity index (χ3n) is 2.56. The summed E-state index contributed by atoms with van der Waals surface area (Å²) in [6, 6.07) is 6.35. The quantitative estimate of drug-likeness (QED) is 0.798. The minimum absolute atomic E-state index is 0.205. The highest BCUT2D eigenvalue weighted by Crippen LogP contribution is 2.26. The highest BCUT2D eigenvalue weighted by Gasteiger charge is 2.07. The lowest BCUT2D eigenvalue weighted by molar-refractivity contribution is 0.452. The van der Waals surface area contributed by atoms with Crippen LogP contribution in [-0.4, -0.2) is 10.1 Å². The third-order valence-corrected chi connectivity index (χ3v) is 3.78. The molecular formula is C12H13NOS2. The van der Waals surface area contributed by atoms with E-state index in [1.807, 2.05) is 0 Å². The Balaban J connectivity index is 2.37. The Kier molecular flexibility index (Phi) is 3.12. The van der Waals surface area contributed by atoms with Crippen LogP contribution in [0, 0.1) is 17.8 Å². The molecule has 2 nitrogen and oxygen atoms in total. The second-order valence-corrected chi connectivity index (χ2v) is 5.66. The number of thiazole rings is 1. The van der Waals surface area contributed by atoms with E-state index in [9.17, 15) is 5.11 Å². The first-order chi connectivity index (χ1) is 7.56. The standard InChI is InChI=1S/C12H13NOS2/c1-7-3-4-8(2)9(5-7)6-10-11(14)13-12(15)16-10/h3-5,14H,6H2,1-2H3,(H,13,15). The van der Waals surface area contributed by atoms with Crippen molar-refractivity contribution in [3.05, 3.63) is 43.7 Å². The van der Waals surface area contributed by atoms with E-state index in [0.29, 0.717) is 3.95 Å². The van der Waals surface area contributed by atoms with Gasteiger partial charge in [-0.2, -0.15) is 0 Å². The van der Waals surface area contributed by atoms with Gasteiger partial charge >= 0.3 is 0 Å². The fraction of sp³-hybridized carbons (Fsp3) is 0.250. The van der Waals surface area contributed by atoms with E-state index in [1.165, 1.54) is 28.0 Å². The third kappa shape index (κ3) is 2.33. The summed E-state index contributed by atoms with van der Waals surface area (Å²) in [5, 5.41) is 9.64. The van der Waals surface area contributed by atoms with Crippen LogP contribution < -0.4 is 0 Å². The summed E-state index contributed by atoms with van der Waals surface area (Å²) in [7, 11) is 0. The molecule has 0 saturated carbocycles. The van der Waals surface area contributed by atoms with Crippen molar-refractivity contribution in [3.8, 4) is 5.88 Å². The Morgan fingerprint density at radius 1 is 1.38 bits per heavy atom. The molecule has 0 fully saturated rings. The molecule has 0 saturated heterocycles. The Morgan fingerprint density at radius 3 is 2.75 bits per heavy atom. The molecule has 0 bridgehead atoms. The number of aromatic nitrogens is 1. The molecule has 0 amide bonds. The van der Waals surface area contributed by atoms with Gasteiger partial charge in [-0.15, -0.1) is 11.3 Å². The van der Waals surface area contributed by atoms with E-state index in [0.717, 1.165) is 11.3 Å². The molecule has 16 heavy (non-hydrogen) atoms. The highest BCUT2D eigenvalue weighted by molar-refractivity contribution is 7.73. The molecule has 1 aromatic heterocycles. The van der Waals surface area contributed by atoms with Crippen LogP contribution in [0.4, 0.5) is 0 Å². The maximum absolute atomic E-state index is 9.64. The van der Waals surface area contributed by atoms with Crippen molar-refractivity contribution in [3.63, 3.8) is 0 Å². The van der Waals surface area contributed by atoms with Crippen molar-refractivity contribution >= 4 is 23.6 Å². The number of aryl methyl sites for hydroxylation is 2. The maximum Gasteiger partial charge on any atom is 0.203 e. The van der Waals surface area contributed by atoms with Crippen LogP contribution in [0.1, 0.15) is 21.6 Å². The lowest BCUT2D eigenvalue weighted by atomic mass is 10.0. The van der Waals surface area contributed by atoms with Crippen LogP contribution in [0.2, 0.25) is 0 Å². The van der Waals surface area contributed by atoms with Gasteiger partial charge in [0.15, 0.2) is 3.95 Å². The average molecular weight is 251 g/mol. The summed E-state index contributed by atoms with van der Waals surface area (Å²) in [5.74, 6) is 0.205. The van der Waals surface area contributed by atoms with Gasteiger partial charge in [-0.3, -0.25) is 0 Å². The molecule has 2 aromatic rings. The number of H-pyrrole nitrogens is 1. The number of nitrogens with one attached hydrogen (secondary N) is 1. The molecule has 0 radical (unpaired) electrons. The van der Waals surface area contributed by atoms with Gasteiger partial charge in [0, 0.05) is 6.42 Å². The first-order valence-corrected chi connectivity index (χ1v) is 6.26. The summed E-state index contributed by atoms with van der Waals surface area (Å²) in [6.07, 6.45) is 0.733.